The van der Waals surface area contributed by atoms with E-state index in [1.54, 1.807) is 0 Å². The van der Waals surface area contributed by atoms with Gasteiger partial charge in [0.25, 0.3) is 0 Å². The Kier molecular flexibility index (Phi) is 25.4. The highest BCUT2D eigenvalue weighted by molar-refractivity contribution is 6.72. The molecule has 0 amide bonds. The van der Waals surface area contributed by atoms with E-state index in [2.05, 4.69) is 43.7 Å². The van der Waals surface area contributed by atoms with Crippen LogP contribution in [0.1, 0.15) is 122 Å². The Morgan fingerprint density at radius 1 is 1.06 bits per heavy atom. The second-order valence-electron chi connectivity index (χ2n) is 13.4. The third kappa shape index (κ3) is 19.6. The fourth-order valence-corrected chi connectivity index (χ4v) is 6.01. The minimum absolute atomic E-state index is 0. The summed E-state index contributed by atoms with van der Waals surface area (Å²) < 4.78 is 27.3. The summed E-state index contributed by atoms with van der Waals surface area (Å²) in [7, 11) is -0.406. The summed E-state index contributed by atoms with van der Waals surface area (Å²) in [6.45, 7) is 19.3. The lowest BCUT2D eigenvalue weighted by Crippen LogP contribution is -2.44. The molecular weight excluding hydrogens is 614 g/mol. The van der Waals surface area contributed by atoms with Crippen molar-refractivity contribution in [2.75, 3.05) is 13.2 Å². The largest absolute Gasteiger partial charge is 0.453 e. The molecule has 3 aliphatic heterocycles. The summed E-state index contributed by atoms with van der Waals surface area (Å²) >= 11 is 0. The summed E-state index contributed by atoms with van der Waals surface area (Å²) in [5.74, 6) is 6.22. The zero-order valence-electron chi connectivity index (χ0n) is 31.0. The lowest BCUT2D eigenvalue weighted by molar-refractivity contribution is -0.190. The van der Waals surface area contributed by atoms with Gasteiger partial charge in [-0.2, -0.15) is 0 Å². The SMILES string of the molecule is C.C=CCc1c(C)cccc1[C@@H](O)C#CCC[C@H](CCCCC)OC1CCCCO1.CB1OB(C)OB(C)O1.CC(C)(O)[C@H]1CCCN1.[B]. The van der Waals surface area contributed by atoms with Crippen molar-refractivity contribution in [3.8, 4) is 11.8 Å². The molecule has 1 unspecified atom stereocenters. The zero-order valence-corrected chi connectivity index (χ0v) is 31.0. The predicted molar refractivity (Wildman–Crippen MR) is 208 cm³/mol. The highest BCUT2D eigenvalue weighted by Crippen LogP contribution is 2.23. The molecule has 4 atom stereocenters. The fourth-order valence-electron chi connectivity index (χ4n) is 6.01. The van der Waals surface area contributed by atoms with Gasteiger partial charge >= 0.3 is 21.4 Å². The number of aliphatic hydroxyl groups is 2. The number of hydrogen-bond acceptors (Lipinski definition) is 8. The Hall–Kier alpha value is -1.54. The molecule has 0 spiro atoms. The van der Waals surface area contributed by atoms with Gasteiger partial charge in [0.1, 0.15) is 6.10 Å². The molecule has 4 rings (SSSR count). The first-order valence-corrected chi connectivity index (χ1v) is 18.0. The first-order valence-electron chi connectivity index (χ1n) is 18.0. The van der Waals surface area contributed by atoms with Crippen molar-refractivity contribution in [2.24, 2.45) is 0 Å². The van der Waals surface area contributed by atoms with Gasteiger partial charge in [-0.25, -0.2) is 0 Å². The molecule has 1 aromatic carbocycles. The van der Waals surface area contributed by atoms with Crippen LogP contribution >= 0.6 is 0 Å². The molecular formula is C37H66B4NO7. The molecule has 49 heavy (non-hydrogen) atoms. The number of benzene rings is 1. The predicted octanol–water partition coefficient (Wildman–Crippen LogP) is 7.20. The first-order chi connectivity index (χ1) is 22.4. The summed E-state index contributed by atoms with van der Waals surface area (Å²) in [5.41, 5.74) is 2.65. The number of nitrogens with one attached hydrogen (secondary N) is 1. The molecule has 1 aromatic rings. The second-order valence-corrected chi connectivity index (χ2v) is 13.4. The molecule has 273 valence electrons. The highest BCUT2D eigenvalue weighted by atomic mass is 16.7. The fraction of sp³-hybridized carbons (Fsp3) is 0.730. The van der Waals surface area contributed by atoms with Crippen molar-refractivity contribution in [2.45, 2.75) is 163 Å². The summed E-state index contributed by atoms with van der Waals surface area (Å²) in [6, 6.07) is 6.32. The van der Waals surface area contributed by atoms with Crippen LogP contribution in [0, 0.1) is 18.8 Å². The van der Waals surface area contributed by atoms with E-state index in [4.69, 9.17) is 23.2 Å². The maximum absolute atomic E-state index is 10.6. The van der Waals surface area contributed by atoms with E-state index in [0.29, 0.717) is 6.04 Å². The Morgan fingerprint density at radius 2 is 1.73 bits per heavy atom. The van der Waals surface area contributed by atoms with Crippen LogP contribution in [0.25, 0.3) is 0 Å². The molecule has 3 saturated heterocycles. The number of unbranched alkanes of at least 4 members (excludes halogenated alkanes) is 2. The van der Waals surface area contributed by atoms with Gasteiger partial charge in [-0.05, 0) is 116 Å². The maximum atomic E-state index is 10.6. The van der Waals surface area contributed by atoms with Crippen LogP contribution in [0.5, 0.6) is 0 Å². The summed E-state index contributed by atoms with van der Waals surface area (Å²) in [6.07, 6.45) is 13.9. The van der Waals surface area contributed by atoms with Crippen molar-refractivity contribution in [3.05, 3.63) is 47.5 Å². The number of aryl methyl sites for hydroxylation is 1. The molecule has 3 radical (unpaired) electrons. The van der Waals surface area contributed by atoms with Crippen molar-refractivity contribution < 1.29 is 33.4 Å². The smallest absolute Gasteiger partial charge is 0.426 e. The molecule has 0 aliphatic carbocycles. The molecule has 8 nitrogen and oxygen atoms in total. The highest BCUT2D eigenvalue weighted by Gasteiger charge is 2.31. The van der Waals surface area contributed by atoms with Crippen LogP contribution < -0.4 is 5.32 Å². The van der Waals surface area contributed by atoms with Gasteiger partial charge < -0.3 is 38.7 Å². The van der Waals surface area contributed by atoms with Gasteiger partial charge in [0.2, 0.25) is 0 Å². The molecule has 3 heterocycles. The summed E-state index contributed by atoms with van der Waals surface area (Å²) in [5, 5.41) is 23.3. The normalized spacial score (nSPS) is 20.1. The molecule has 3 aliphatic rings. The lowest BCUT2D eigenvalue weighted by atomic mass is 9.74. The zero-order chi connectivity index (χ0) is 34.7. The Bertz CT molecular complexity index is 1040. The topological polar surface area (TPSA) is 98.6 Å². The van der Waals surface area contributed by atoms with Crippen LogP contribution in [0.15, 0.2) is 30.9 Å². The van der Waals surface area contributed by atoms with Gasteiger partial charge in [-0.1, -0.05) is 63.8 Å². The Balaban J connectivity index is 0.000000936. The van der Waals surface area contributed by atoms with E-state index in [-0.39, 0.29) is 49.6 Å². The second kappa shape index (κ2) is 26.3. The van der Waals surface area contributed by atoms with Crippen molar-refractivity contribution in [1.29, 1.82) is 0 Å². The minimum Gasteiger partial charge on any atom is -0.453 e. The summed E-state index contributed by atoms with van der Waals surface area (Å²) in [4.78, 5) is 0. The van der Waals surface area contributed by atoms with Gasteiger partial charge in [0.05, 0.1) is 11.7 Å². The first kappa shape index (κ1) is 47.5. The average molecular weight is 680 g/mol. The average Bonchev–Trinajstić information content (AvgIpc) is 3.57. The van der Waals surface area contributed by atoms with E-state index >= 15 is 0 Å². The number of aliphatic hydroxyl groups excluding tert-OH is 1. The molecule has 0 aromatic heterocycles. The van der Waals surface area contributed by atoms with Gasteiger partial charge in [0, 0.05) is 27.5 Å². The van der Waals surface area contributed by atoms with Crippen LogP contribution in [0.4, 0.5) is 0 Å². The van der Waals surface area contributed by atoms with Crippen LogP contribution in [0.3, 0.4) is 0 Å². The van der Waals surface area contributed by atoms with Crippen LogP contribution in [0.2, 0.25) is 20.5 Å². The van der Waals surface area contributed by atoms with Gasteiger partial charge in [0.15, 0.2) is 6.29 Å². The van der Waals surface area contributed by atoms with Crippen molar-refractivity contribution in [1.82, 2.24) is 5.32 Å². The van der Waals surface area contributed by atoms with Gasteiger partial charge in [-0.15, -0.1) is 12.5 Å². The third-order valence-corrected chi connectivity index (χ3v) is 8.59. The lowest BCUT2D eigenvalue weighted by Gasteiger charge is -2.27. The van der Waals surface area contributed by atoms with Crippen molar-refractivity contribution >= 4 is 29.8 Å². The number of ether oxygens (including phenoxy) is 2. The number of hydrogen-bond donors (Lipinski definition) is 3. The maximum Gasteiger partial charge on any atom is 0.426 e. The minimum atomic E-state index is -0.758. The third-order valence-electron chi connectivity index (χ3n) is 8.59. The van der Waals surface area contributed by atoms with E-state index < -0.39 is 11.7 Å². The molecule has 3 fully saturated rings. The Labute approximate surface area is 303 Å². The van der Waals surface area contributed by atoms with Crippen LogP contribution in [-0.4, -0.2) is 77.2 Å². The van der Waals surface area contributed by atoms with E-state index in [1.807, 2.05) is 52.5 Å². The van der Waals surface area contributed by atoms with E-state index in [1.165, 1.54) is 37.7 Å². The van der Waals surface area contributed by atoms with Crippen LogP contribution in [-0.2, 0) is 29.6 Å². The quantitative estimate of drug-likeness (QED) is 0.0924. The molecule has 3 N–H and O–H groups in total. The standard InChI is InChI=1S/C26H38O3.C7H15NO.C3H9B3O3.CH4.B/c1-4-6-7-15-22(29-26-19-10-11-20-28-26)16-8-9-18-25(27)24-17-12-14-21(3)23(24)13-5-2;1-7(2,9)6-4-3-5-8-6;1-4-7-5(2)9-6(3)8-4;;/h5,12,14,17,22,25-27H,2,4,6-8,10-11,13,15-16,19-20H2,1,3H3;6,8-9H,3-5H2,1-2H3;1-3H3;1H4;/t22-,25-,26?;6-;;;/m01.../s1. The van der Waals surface area contributed by atoms with E-state index in [0.717, 1.165) is 69.2 Å². The monoisotopic (exact) mass is 681 g/mol. The molecule has 0 bridgehead atoms. The number of rotatable bonds is 12. The van der Waals surface area contributed by atoms with Gasteiger partial charge in [-0.3, -0.25) is 0 Å². The molecule has 12 heteroatoms. The molecule has 0 saturated carbocycles. The van der Waals surface area contributed by atoms with Crippen molar-refractivity contribution in [3.63, 3.8) is 0 Å². The van der Waals surface area contributed by atoms with E-state index in [9.17, 15) is 10.2 Å². The Morgan fingerprint density at radius 3 is 2.24 bits per heavy atom. The number of allylic oxidation sites excluding steroid dienone is 1.